The zero-order valence-corrected chi connectivity index (χ0v) is 19.1. The number of carbonyl (C=O) groups is 1. The van der Waals surface area contributed by atoms with Crippen LogP contribution in [0.5, 0.6) is 5.75 Å². The zero-order valence-electron chi connectivity index (χ0n) is 18.3. The Bertz CT molecular complexity index is 1490. The number of carbonyl (C=O) groups excluding carboxylic acids is 1. The lowest BCUT2D eigenvalue weighted by molar-refractivity contribution is -0.384. The van der Waals surface area contributed by atoms with Crippen molar-refractivity contribution in [1.82, 2.24) is 10.2 Å². The average Bonchev–Trinajstić information content (AvgIpc) is 3.39. The van der Waals surface area contributed by atoms with Gasteiger partial charge in [-0.3, -0.25) is 24.7 Å². The summed E-state index contributed by atoms with van der Waals surface area (Å²) in [7, 11) is -2.88. The lowest BCUT2D eigenvalue weighted by Crippen LogP contribution is -2.16. The Morgan fingerprint density at radius 2 is 1.83 bits per heavy atom. The van der Waals surface area contributed by atoms with E-state index in [1.54, 1.807) is 30.5 Å². The Labute approximate surface area is 200 Å². The third-order valence-corrected chi connectivity index (χ3v) is 6.36. The quantitative estimate of drug-likeness (QED) is 0.247. The fourth-order valence-electron chi connectivity index (χ4n) is 3.25. The maximum Gasteiger partial charge on any atom is 0.271 e. The number of nitrogens with one attached hydrogen (secondary N) is 3. The minimum absolute atomic E-state index is 0.103. The number of aromatic nitrogens is 2. The molecule has 1 amide bonds. The highest BCUT2D eigenvalue weighted by atomic mass is 32.2. The third kappa shape index (κ3) is 5.28. The molecule has 0 radical (unpaired) electrons. The van der Waals surface area contributed by atoms with Crippen molar-refractivity contribution >= 4 is 33.0 Å². The van der Waals surface area contributed by atoms with Crippen LogP contribution in [0.4, 0.5) is 17.1 Å². The van der Waals surface area contributed by atoms with Crippen molar-refractivity contribution in [3.63, 3.8) is 0 Å². The Morgan fingerprint density at radius 3 is 2.49 bits per heavy atom. The fraction of sp³-hybridized carbons (Fsp3) is 0.0435. The number of aromatic amines is 1. The first kappa shape index (κ1) is 23.4. The number of benzene rings is 3. The van der Waals surface area contributed by atoms with E-state index >= 15 is 0 Å². The van der Waals surface area contributed by atoms with Crippen LogP contribution in [-0.4, -0.2) is 36.6 Å². The van der Waals surface area contributed by atoms with Gasteiger partial charge in [-0.05, 0) is 48.0 Å². The second-order valence-corrected chi connectivity index (χ2v) is 8.96. The first-order chi connectivity index (χ1) is 16.8. The number of hydrogen-bond donors (Lipinski definition) is 3. The maximum absolute atomic E-state index is 13.0. The largest absolute Gasteiger partial charge is 0.495 e. The molecule has 0 bridgehead atoms. The van der Waals surface area contributed by atoms with E-state index in [0.717, 1.165) is 17.3 Å². The number of nitro benzene ring substituents is 1. The van der Waals surface area contributed by atoms with Gasteiger partial charge < -0.3 is 10.1 Å². The zero-order chi connectivity index (χ0) is 25.0. The second kappa shape index (κ2) is 9.65. The van der Waals surface area contributed by atoms with Crippen molar-refractivity contribution in [2.24, 2.45) is 0 Å². The van der Waals surface area contributed by atoms with E-state index in [0.29, 0.717) is 5.69 Å². The standard InChI is InChI=1S/C23H19N5O6S/c1-34-22-10-9-18(28(30)31)14-21(22)27-35(32,33)19-4-2-3-16(13-19)23(29)25-17-7-5-15(6-8-17)20-11-12-24-26-20/h2-14,27H,1H3,(H,24,26)(H,25,29). The summed E-state index contributed by atoms with van der Waals surface area (Å²) in [4.78, 5) is 23.0. The summed E-state index contributed by atoms with van der Waals surface area (Å²) in [6.45, 7) is 0. The molecule has 4 aromatic rings. The van der Waals surface area contributed by atoms with Crippen molar-refractivity contribution in [3.05, 3.63) is 94.7 Å². The van der Waals surface area contributed by atoms with Crippen molar-refractivity contribution < 1.29 is 22.9 Å². The highest BCUT2D eigenvalue weighted by Crippen LogP contribution is 2.31. The molecule has 1 heterocycles. The van der Waals surface area contributed by atoms with E-state index in [1.807, 2.05) is 6.07 Å². The van der Waals surface area contributed by atoms with Gasteiger partial charge in [-0.25, -0.2) is 8.42 Å². The molecule has 0 aliphatic rings. The van der Waals surface area contributed by atoms with E-state index in [9.17, 15) is 23.3 Å². The molecule has 0 saturated heterocycles. The van der Waals surface area contributed by atoms with Gasteiger partial charge in [0.2, 0.25) is 0 Å². The highest BCUT2D eigenvalue weighted by molar-refractivity contribution is 7.92. The van der Waals surface area contributed by atoms with Gasteiger partial charge in [0, 0.05) is 29.6 Å². The van der Waals surface area contributed by atoms with Crippen LogP contribution >= 0.6 is 0 Å². The van der Waals surface area contributed by atoms with E-state index < -0.39 is 20.9 Å². The number of methoxy groups -OCH3 is 1. The summed E-state index contributed by atoms with van der Waals surface area (Å²) in [5.41, 5.74) is 1.93. The Kier molecular flexibility index (Phi) is 6.46. The van der Waals surface area contributed by atoms with Gasteiger partial charge in [0.1, 0.15) is 5.75 Å². The van der Waals surface area contributed by atoms with Gasteiger partial charge in [-0.15, -0.1) is 0 Å². The van der Waals surface area contributed by atoms with Crippen LogP contribution in [0.25, 0.3) is 11.3 Å². The van der Waals surface area contributed by atoms with Crippen molar-refractivity contribution in [3.8, 4) is 17.0 Å². The van der Waals surface area contributed by atoms with Crippen LogP contribution in [0.2, 0.25) is 0 Å². The number of non-ortho nitro benzene ring substituents is 1. The topological polar surface area (TPSA) is 156 Å². The summed E-state index contributed by atoms with van der Waals surface area (Å²) >= 11 is 0. The van der Waals surface area contributed by atoms with E-state index in [4.69, 9.17) is 4.74 Å². The molecule has 0 unspecified atom stereocenters. The average molecular weight is 494 g/mol. The maximum atomic E-state index is 13.0. The van der Waals surface area contributed by atoms with E-state index in [1.165, 1.54) is 43.5 Å². The molecule has 0 aliphatic heterocycles. The van der Waals surface area contributed by atoms with Crippen LogP contribution in [0.15, 0.2) is 83.9 Å². The first-order valence-electron chi connectivity index (χ1n) is 10.1. The molecule has 0 fully saturated rings. The summed E-state index contributed by atoms with van der Waals surface area (Å²) in [6.07, 6.45) is 1.63. The minimum Gasteiger partial charge on any atom is -0.495 e. The number of H-pyrrole nitrogens is 1. The van der Waals surface area contributed by atoms with Gasteiger partial charge in [-0.2, -0.15) is 5.10 Å². The van der Waals surface area contributed by atoms with Gasteiger partial charge in [0.15, 0.2) is 0 Å². The molecular formula is C23H19N5O6S. The predicted octanol–water partition coefficient (Wildman–Crippen LogP) is 4.05. The molecular weight excluding hydrogens is 474 g/mol. The Hall–Kier alpha value is -4.71. The van der Waals surface area contributed by atoms with Gasteiger partial charge in [-0.1, -0.05) is 18.2 Å². The summed E-state index contributed by atoms with van der Waals surface area (Å²) in [5, 5.41) is 20.5. The monoisotopic (exact) mass is 493 g/mol. The molecule has 0 spiro atoms. The molecule has 4 rings (SSSR count). The normalized spacial score (nSPS) is 11.0. The van der Waals surface area contributed by atoms with Crippen molar-refractivity contribution in [2.45, 2.75) is 4.90 Å². The molecule has 35 heavy (non-hydrogen) atoms. The summed E-state index contributed by atoms with van der Waals surface area (Å²) in [5.74, 6) is -0.407. The van der Waals surface area contributed by atoms with Crippen LogP contribution < -0.4 is 14.8 Å². The number of rotatable bonds is 8. The molecule has 1 aromatic heterocycles. The lowest BCUT2D eigenvalue weighted by Gasteiger charge is -2.12. The minimum atomic E-state index is -4.19. The predicted molar refractivity (Wildman–Crippen MR) is 129 cm³/mol. The van der Waals surface area contributed by atoms with Crippen LogP contribution in [0.1, 0.15) is 10.4 Å². The molecule has 11 nitrogen and oxygen atoms in total. The molecule has 3 aromatic carbocycles. The molecule has 3 N–H and O–H groups in total. The molecule has 0 aliphatic carbocycles. The van der Waals surface area contributed by atoms with Crippen LogP contribution in [0.3, 0.4) is 0 Å². The molecule has 178 valence electrons. The highest BCUT2D eigenvalue weighted by Gasteiger charge is 2.20. The SMILES string of the molecule is COc1ccc([N+](=O)[O-])cc1NS(=O)(=O)c1cccc(C(=O)Nc2ccc(-c3ccn[nH]3)cc2)c1. The van der Waals surface area contributed by atoms with Gasteiger partial charge >= 0.3 is 0 Å². The molecule has 12 heteroatoms. The number of hydrogen-bond acceptors (Lipinski definition) is 7. The number of nitro groups is 1. The summed E-state index contributed by atoms with van der Waals surface area (Å²) < 4.78 is 33.3. The number of nitrogens with zero attached hydrogens (tertiary/aromatic N) is 2. The van der Waals surface area contributed by atoms with Crippen LogP contribution in [0, 0.1) is 10.1 Å². The van der Waals surface area contributed by atoms with E-state index in [2.05, 4.69) is 20.2 Å². The summed E-state index contributed by atoms with van der Waals surface area (Å²) in [6, 6.07) is 17.8. The Morgan fingerprint density at radius 1 is 1.06 bits per heavy atom. The smallest absolute Gasteiger partial charge is 0.271 e. The second-order valence-electron chi connectivity index (χ2n) is 7.28. The van der Waals surface area contributed by atoms with Crippen molar-refractivity contribution in [1.29, 1.82) is 0 Å². The number of amides is 1. The number of ether oxygens (including phenoxy) is 1. The number of anilines is 2. The molecule has 0 atom stereocenters. The van der Waals surface area contributed by atoms with Gasteiger partial charge in [0.05, 0.1) is 28.3 Å². The molecule has 0 saturated carbocycles. The van der Waals surface area contributed by atoms with E-state index in [-0.39, 0.29) is 27.6 Å². The van der Waals surface area contributed by atoms with Crippen LogP contribution in [-0.2, 0) is 10.0 Å². The number of sulfonamides is 1. The van der Waals surface area contributed by atoms with Gasteiger partial charge in [0.25, 0.3) is 21.6 Å². The first-order valence-corrected chi connectivity index (χ1v) is 11.6. The third-order valence-electron chi connectivity index (χ3n) is 5.00. The van der Waals surface area contributed by atoms with Crippen molar-refractivity contribution in [2.75, 3.05) is 17.1 Å². The Balaban J connectivity index is 1.53. The fourth-order valence-corrected chi connectivity index (χ4v) is 4.36. The lowest BCUT2D eigenvalue weighted by atomic mass is 10.1.